The molecule has 0 unspecified atom stereocenters. The van der Waals surface area contributed by atoms with Crippen molar-refractivity contribution in [3.63, 3.8) is 0 Å². The van der Waals surface area contributed by atoms with Crippen LogP contribution < -0.4 is 4.74 Å². The Hall–Kier alpha value is -1.42. The Balaban J connectivity index is 2.21. The molecule has 2 rings (SSSR count). The fourth-order valence-corrected chi connectivity index (χ4v) is 2.08. The lowest BCUT2D eigenvalue weighted by Gasteiger charge is -2.20. The summed E-state index contributed by atoms with van der Waals surface area (Å²) in [5.74, 6) is 0.796. The molecular weight excluding hydrogens is 316 g/mol. The van der Waals surface area contributed by atoms with Crippen molar-refractivity contribution in [2.75, 3.05) is 0 Å². The van der Waals surface area contributed by atoms with E-state index < -0.39 is 0 Å². The van der Waals surface area contributed by atoms with Crippen molar-refractivity contribution in [2.45, 2.75) is 38.4 Å². The number of alkyl halides is 1. The van der Waals surface area contributed by atoms with Gasteiger partial charge in [0.1, 0.15) is 5.75 Å². The van der Waals surface area contributed by atoms with E-state index in [1.165, 1.54) is 5.56 Å². The van der Waals surface area contributed by atoms with Gasteiger partial charge in [0.25, 0.3) is 0 Å². The molecule has 0 saturated carbocycles. The normalized spacial score (nSPS) is 11.4. The zero-order chi connectivity index (χ0) is 14.8. The molecule has 0 bridgehead atoms. The molecule has 0 aliphatic rings. The minimum absolute atomic E-state index is 0.136. The fraction of sp³-hybridized carbons (Fsp3) is 0.375. The van der Waals surface area contributed by atoms with Gasteiger partial charge < -0.3 is 4.74 Å². The predicted octanol–water partition coefficient (Wildman–Crippen LogP) is 4.77. The Morgan fingerprint density at radius 2 is 1.80 bits per heavy atom. The second kappa shape index (κ2) is 5.92. The van der Waals surface area contributed by atoms with E-state index in [4.69, 9.17) is 4.74 Å². The van der Waals surface area contributed by atoms with Gasteiger partial charge in [-0.15, -0.1) is 0 Å². The molecule has 20 heavy (non-hydrogen) atoms. The summed E-state index contributed by atoms with van der Waals surface area (Å²) in [5.41, 5.74) is 3.54. The maximum atomic E-state index is 5.74. The van der Waals surface area contributed by atoms with Crippen LogP contribution in [0.15, 0.2) is 30.6 Å². The van der Waals surface area contributed by atoms with Gasteiger partial charge in [0.2, 0.25) is 0 Å². The van der Waals surface area contributed by atoms with E-state index >= 15 is 0 Å². The summed E-state index contributed by atoms with van der Waals surface area (Å²) in [7, 11) is 0. The second-order valence-electron chi connectivity index (χ2n) is 5.84. The van der Waals surface area contributed by atoms with E-state index in [-0.39, 0.29) is 5.41 Å². The van der Waals surface area contributed by atoms with Crippen molar-refractivity contribution >= 4 is 15.9 Å². The first-order valence-corrected chi connectivity index (χ1v) is 7.68. The number of aromatic nitrogens is 2. The van der Waals surface area contributed by atoms with Crippen LogP contribution in [0.1, 0.15) is 37.5 Å². The van der Waals surface area contributed by atoms with Crippen LogP contribution in [-0.2, 0) is 10.7 Å². The van der Waals surface area contributed by atoms with Crippen LogP contribution in [-0.4, -0.2) is 9.97 Å². The molecule has 1 aromatic heterocycles. The van der Waals surface area contributed by atoms with Gasteiger partial charge in [0.05, 0.1) is 0 Å². The highest BCUT2D eigenvalue weighted by Crippen LogP contribution is 2.29. The third-order valence-electron chi connectivity index (χ3n) is 3.08. The van der Waals surface area contributed by atoms with Crippen LogP contribution in [0.4, 0.5) is 0 Å². The minimum atomic E-state index is 0.136. The number of aryl methyl sites for hydroxylation is 1. The van der Waals surface area contributed by atoms with E-state index in [9.17, 15) is 0 Å². The van der Waals surface area contributed by atoms with E-state index in [1.54, 1.807) is 12.4 Å². The molecule has 0 aliphatic heterocycles. The SMILES string of the molecule is Cc1cc(C(C)(C)C)ccc1Oc1ncc(CBr)cn1. The molecule has 1 aromatic carbocycles. The van der Waals surface area contributed by atoms with E-state index in [1.807, 2.05) is 13.0 Å². The van der Waals surface area contributed by atoms with Crippen molar-refractivity contribution in [1.29, 1.82) is 0 Å². The Labute approximate surface area is 128 Å². The highest BCUT2D eigenvalue weighted by molar-refractivity contribution is 9.08. The average Bonchev–Trinajstić information content (AvgIpc) is 2.41. The summed E-state index contributed by atoms with van der Waals surface area (Å²) in [6.45, 7) is 8.64. The molecule has 1 heterocycles. The summed E-state index contributed by atoms with van der Waals surface area (Å²) < 4.78 is 5.74. The molecular formula is C16H19BrN2O. The van der Waals surface area contributed by atoms with Gasteiger partial charge in [-0.1, -0.05) is 48.8 Å². The Kier molecular flexibility index (Phi) is 4.43. The van der Waals surface area contributed by atoms with Crippen molar-refractivity contribution < 1.29 is 4.74 Å². The van der Waals surface area contributed by atoms with Gasteiger partial charge in [0, 0.05) is 17.7 Å². The molecule has 0 amide bonds. The minimum Gasteiger partial charge on any atom is -0.424 e. The first-order chi connectivity index (χ1) is 9.40. The molecule has 0 atom stereocenters. The Bertz CT molecular complexity index is 588. The van der Waals surface area contributed by atoms with Crippen LogP contribution in [0, 0.1) is 6.92 Å². The molecule has 2 aromatic rings. The number of hydrogen-bond donors (Lipinski definition) is 0. The quantitative estimate of drug-likeness (QED) is 0.758. The number of halogens is 1. The third kappa shape index (κ3) is 3.57. The van der Waals surface area contributed by atoms with Crippen molar-refractivity contribution in [3.05, 3.63) is 47.3 Å². The van der Waals surface area contributed by atoms with E-state index in [2.05, 4.69) is 58.8 Å². The molecule has 0 fully saturated rings. The second-order valence-corrected chi connectivity index (χ2v) is 6.40. The van der Waals surface area contributed by atoms with Gasteiger partial charge in [-0.25, -0.2) is 9.97 Å². The molecule has 0 spiro atoms. The van der Waals surface area contributed by atoms with Gasteiger partial charge in [-0.3, -0.25) is 0 Å². The van der Waals surface area contributed by atoms with E-state index in [0.29, 0.717) is 6.01 Å². The predicted molar refractivity (Wildman–Crippen MR) is 84.6 cm³/mol. The standard InChI is InChI=1S/C16H19BrN2O/c1-11-7-13(16(2,3)4)5-6-14(11)20-15-18-9-12(8-17)10-19-15/h5-7,9-10H,8H2,1-4H3. The van der Waals surface area contributed by atoms with Crippen molar-refractivity contribution in [2.24, 2.45) is 0 Å². The molecule has 0 aliphatic carbocycles. The maximum Gasteiger partial charge on any atom is 0.321 e. The lowest BCUT2D eigenvalue weighted by molar-refractivity contribution is 0.437. The molecule has 0 N–H and O–H groups in total. The number of ether oxygens (including phenoxy) is 1. The maximum absolute atomic E-state index is 5.74. The van der Waals surface area contributed by atoms with Crippen LogP contribution in [0.2, 0.25) is 0 Å². The molecule has 3 nitrogen and oxygen atoms in total. The Morgan fingerprint density at radius 3 is 2.30 bits per heavy atom. The van der Waals surface area contributed by atoms with Crippen molar-refractivity contribution in [3.8, 4) is 11.8 Å². The highest BCUT2D eigenvalue weighted by Gasteiger charge is 2.15. The number of rotatable bonds is 3. The van der Waals surface area contributed by atoms with Crippen LogP contribution in [0.25, 0.3) is 0 Å². The summed E-state index contributed by atoms with van der Waals surface area (Å²) in [6, 6.07) is 6.61. The van der Waals surface area contributed by atoms with Gasteiger partial charge in [-0.2, -0.15) is 0 Å². The van der Waals surface area contributed by atoms with Crippen molar-refractivity contribution in [1.82, 2.24) is 9.97 Å². The molecule has 106 valence electrons. The zero-order valence-electron chi connectivity index (χ0n) is 12.3. The highest BCUT2D eigenvalue weighted by atomic mass is 79.9. The average molecular weight is 335 g/mol. The lowest BCUT2D eigenvalue weighted by Crippen LogP contribution is -2.11. The fourth-order valence-electron chi connectivity index (χ4n) is 1.79. The topological polar surface area (TPSA) is 35.0 Å². The zero-order valence-corrected chi connectivity index (χ0v) is 13.9. The number of nitrogens with zero attached hydrogens (tertiary/aromatic N) is 2. The Morgan fingerprint density at radius 1 is 1.15 bits per heavy atom. The summed E-state index contributed by atoms with van der Waals surface area (Å²) in [6.07, 6.45) is 3.52. The van der Waals surface area contributed by atoms with Crippen LogP contribution in [0.3, 0.4) is 0 Å². The van der Waals surface area contributed by atoms with Gasteiger partial charge >= 0.3 is 6.01 Å². The first-order valence-electron chi connectivity index (χ1n) is 6.56. The molecule has 0 radical (unpaired) electrons. The van der Waals surface area contributed by atoms with Gasteiger partial charge in [-0.05, 0) is 35.1 Å². The largest absolute Gasteiger partial charge is 0.424 e. The third-order valence-corrected chi connectivity index (χ3v) is 3.73. The summed E-state index contributed by atoms with van der Waals surface area (Å²) in [4.78, 5) is 8.39. The lowest BCUT2D eigenvalue weighted by atomic mass is 9.86. The van der Waals surface area contributed by atoms with E-state index in [0.717, 1.165) is 22.2 Å². The smallest absolute Gasteiger partial charge is 0.321 e. The summed E-state index contributed by atoms with van der Waals surface area (Å²) >= 11 is 3.37. The molecule has 0 saturated heterocycles. The summed E-state index contributed by atoms with van der Waals surface area (Å²) in [5, 5.41) is 0.743. The monoisotopic (exact) mass is 334 g/mol. The number of hydrogen-bond acceptors (Lipinski definition) is 3. The van der Waals surface area contributed by atoms with Gasteiger partial charge in [0.15, 0.2) is 0 Å². The van der Waals surface area contributed by atoms with Crippen LogP contribution in [0.5, 0.6) is 11.8 Å². The first kappa shape index (κ1) is 15.0. The number of benzene rings is 1. The molecule has 4 heteroatoms. The van der Waals surface area contributed by atoms with Crippen LogP contribution >= 0.6 is 15.9 Å².